The summed E-state index contributed by atoms with van der Waals surface area (Å²) in [6.07, 6.45) is 8.77. The Morgan fingerprint density at radius 1 is 1.00 bits per heavy atom. The highest BCUT2D eigenvalue weighted by molar-refractivity contribution is 5.34. The molecule has 0 aromatic carbocycles. The zero-order valence-corrected chi connectivity index (χ0v) is 17.4. The lowest BCUT2D eigenvalue weighted by Crippen LogP contribution is -2.59. The van der Waals surface area contributed by atoms with E-state index < -0.39 is 11.6 Å². The second kappa shape index (κ2) is 5.23. The lowest BCUT2D eigenvalue weighted by Gasteiger charge is -2.59. The van der Waals surface area contributed by atoms with Crippen LogP contribution < -0.4 is 0 Å². The van der Waals surface area contributed by atoms with E-state index in [0.29, 0.717) is 49.9 Å². The van der Waals surface area contributed by atoms with E-state index in [-0.39, 0.29) is 16.4 Å². The fourth-order valence-electron chi connectivity index (χ4n) is 8.59. The van der Waals surface area contributed by atoms with Crippen LogP contribution in [0.5, 0.6) is 0 Å². The first-order valence-corrected chi connectivity index (χ1v) is 11.2. The highest BCUT2D eigenvalue weighted by Gasteiger charge is 2.82. The Balaban J connectivity index is 1.37. The fraction of sp³-hybridized carbons (Fsp3) is 0.913. The summed E-state index contributed by atoms with van der Waals surface area (Å²) in [6.45, 7) is 8.35. The SMILES string of the molecule is CC1([C@H]2CC3OC34[C@@H]3CC=C5CC(O)(O)CC[C@]5(C)[C@H]3CC[C@]24C)OCCO1. The van der Waals surface area contributed by atoms with E-state index in [1.165, 1.54) is 12.0 Å². The number of aliphatic hydroxyl groups is 2. The summed E-state index contributed by atoms with van der Waals surface area (Å²) in [5, 5.41) is 20.4. The average molecular weight is 391 g/mol. The minimum atomic E-state index is -1.53. The van der Waals surface area contributed by atoms with Crippen LogP contribution in [0.2, 0.25) is 0 Å². The molecular weight excluding hydrogens is 356 g/mol. The van der Waals surface area contributed by atoms with Gasteiger partial charge >= 0.3 is 0 Å². The predicted octanol–water partition coefficient (Wildman–Crippen LogP) is 3.14. The van der Waals surface area contributed by atoms with Gasteiger partial charge in [-0.15, -0.1) is 0 Å². The number of ether oxygens (including phenoxy) is 3. The van der Waals surface area contributed by atoms with Crippen LogP contribution >= 0.6 is 0 Å². The first-order valence-electron chi connectivity index (χ1n) is 11.2. The van der Waals surface area contributed by atoms with E-state index in [9.17, 15) is 10.2 Å². The van der Waals surface area contributed by atoms with Crippen LogP contribution in [0.25, 0.3) is 0 Å². The molecule has 2 N–H and O–H groups in total. The highest BCUT2D eigenvalue weighted by Crippen LogP contribution is 2.77. The third-order valence-corrected chi connectivity index (χ3v) is 10.1. The summed E-state index contributed by atoms with van der Waals surface area (Å²) in [6, 6.07) is 0. The molecule has 0 bridgehead atoms. The second-order valence-corrected chi connectivity index (χ2v) is 11.1. The molecule has 2 aliphatic heterocycles. The van der Waals surface area contributed by atoms with Gasteiger partial charge in [-0.05, 0) is 56.3 Å². The van der Waals surface area contributed by atoms with Gasteiger partial charge in [0.15, 0.2) is 11.6 Å². The Kier molecular flexibility index (Phi) is 3.42. The molecule has 5 heteroatoms. The molecule has 7 atom stereocenters. The minimum Gasteiger partial charge on any atom is -0.365 e. The lowest BCUT2D eigenvalue weighted by atomic mass is 9.46. The molecule has 0 radical (unpaired) electrons. The van der Waals surface area contributed by atoms with Gasteiger partial charge in [0, 0.05) is 24.2 Å². The van der Waals surface area contributed by atoms with Gasteiger partial charge in [0.2, 0.25) is 0 Å². The minimum absolute atomic E-state index is 0.0447. The molecule has 3 saturated carbocycles. The summed E-state index contributed by atoms with van der Waals surface area (Å²) in [7, 11) is 0. The summed E-state index contributed by atoms with van der Waals surface area (Å²) in [5.41, 5.74) is 1.39. The molecule has 5 nitrogen and oxygen atoms in total. The van der Waals surface area contributed by atoms with Gasteiger partial charge in [-0.25, -0.2) is 0 Å². The maximum atomic E-state index is 10.2. The van der Waals surface area contributed by atoms with Gasteiger partial charge in [0.25, 0.3) is 0 Å². The largest absolute Gasteiger partial charge is 0.365 e. The molecule has 5 fully saturated rings. The summed E-state index contributed by atoms with van der Waals surface area (Å²) in [4.78, 5) is 0. The van der Waals surface area contributed by atoms with Gasteiger partial charge in [-0.1, -0.05) is 25.5 Å². The van der Waals surface area contributed by atoms with Crippen LogP contribution in [0.3, 0.4) is 0 Å². The highest BCUT2D eigenvalue weighted by atomic mass is 16.7. The summed E-state index contributed by atoms with van der Waals surface area (Å²) >= 11 is 0. The molecule has 0 amide bonds. The van der Waals surface area contributed by atoms with Crippen LogP contribution in [0, 0.1) is 28.6 Å². The van der Waals surface area contributed by atoms with Crippen LogP contribution in [-0.2, 0) is 14.2 Å². The van der Waals surface area contributed by atoms with Crippen molar-refractivity contribution >= 4 is 0 Å². The monoisotopic (exact) mass is 390 g/mol. The number of allylic oxidation sites excluding steroid dienone is 1. The molecule has 6 aliphatic rings. The molecule has 2 heterocycles. The molecular formula is C23H34O5. The molecule has 1 spiro atoms. The third kappa shape index (κ3) is 2.01. The van der Waals surface area contributed by atoms with Gasteiger partial charge in [0.05, 0.1) is 19.3 Å². The number of hydrogen-bond donors (Lipinski definition) is 2. The predicted molar refractivity (Wildman–Crippen MR) is 102 cm³/mol. The number of hydrogen-bond acceptors (Lipinski definition) is 5. The Bertz CT molecular complexity index is 739. The topological polar surface area (TPSA) is 71.5 Å². The molecule has 4 aliphatic carbocycles. The molecule has 0 aromatic rings. The Morgan fingerprint density at radius 3 is 2.50 bits per heavy atom. The molecule has 6 rings (SSSR count). The second-order valence-electron chi connectivity index (χ2n) is 11.1. The molecule has 2 saturated heterocycles. The number of epoxide rings is 1. The van der Waals surface area contributed by atoms with Gasteiger partial charge < -0.3 is 24.4 Å². The van der Waals surface area contributed by atoms with E-state index in [2.05, 4.69) is 26.8 Å². The lowest BCUT2D eigenvalue weighted by molar-refractivity contribution is -0.232. The van der Waals surface area contributed by atoms with Gasteiger partial charge in [-0.3, -0.25) is 0 Å². The smallest absolute Gasteiger partial charge is 0.169 e. The van der Waals surface area contributed by atoms with Crippen molar-refractivity contribution in [1.82, 2.24) is 0 Å². The Labute approximate surface area is 167 Å². The first kappa shape index (κ1) is 18.3. The fourth-order valence-corrected chi connectivity index (χ4v) is 8.59. The van der Waals surface area contributed by atoms with Crippen LogP contribution in [0.4, 0.5) is 0 Å². The van der Waals surface area contributed by atoms with E-state index in [0.717, 1.165) is 25.7 Å². The van der Waals surface area contributed by atoms with E-state index in [1.807, 2.05) is 0 Å². The zero-order chi connectivity index (χ0) is 19.6. The zero-order valence-electron chi connectivity index (χ0n) is 17.4. The van der Waals surface area contributed by atoms with Crippen LogP contribution in [0.1, 0.15) is 65.7 Å². The van der Waals surface area contributed by atoms with Crippen LogP contribution in [0.15, 0.2) is 11.6 Å². The third-order valence-electron chi connectivity index (χ3n) is 10.1. The van der Waals surface area contributed by atoms with Crippen molar-refractivity contribution in [3.63, 3.8) is 0 Å². The maximum Gasteiger partial charge on any atom is 0.169 e. The molecule has 2 unspecified atom stereocenters. The standard InChI is InChI=1S/C23H34O5/c1-19-8-9-22(24,25)13-14(19)4-5-16-15(19)6-7-20(2)17(12-18-23(16,20)28-18)21(3)26-10-11-27-21/h4,15-18,24-25H,5-13H2,1-3H3/t15-,16+,17-,18?,19-,20+,23?/m0/s1. The van der Waals surface area contributed by atoms with E-state index in [1.54, 1.807) is 0 Å². The van der Waals surface area contributed by atoms with Crippen molar-refractivity contribution in [3.8, 4) is 0 Å². The van der Waals surface area contributed by atoms with Crippen molar-refractivity contribution in [1.29, 1.82) is 0 Å². The van der Waals surface area contributed by atoms with Gasteiger partial charge in [-0.2, -0.15) is 0 Å². The van der Waals surface area contributed by atoms with Crippen LogP contribution in [-0.4, -0.2) is 46.7 Å². The summed E-state index contributed by atoms with van der Waals surface area (Å²) < 4.78 is 18.8. The maximum absolute atomic E-state index is 10.2. The van der Waals surface area contributed by atoms with Crippen molar-refractivity contribution in [2.24, 2.45) is 28.6 Å². The van der Waals surface area contributed by atoms with E-state index >= 15 is 0 Å². The quantitative estimate of drug-likeness (QED) is 0.409. The molecule has 156 valence electrons. The number of fused-ring (bicyclic) bond motifs is 3. The Hall–Kier alpha value is -0.460. The van der Waals surface area contributed by atoms with Crippen molar-refractivity contribution in [2.75, 3.05) is 13.2 Å². The normalized spacial score (nSPS) is 55.5. The van der Waals surface area contributed by atoms with Crippen molar-refractivity contribution < 1.29 is 24.4 Å². The van der Waals surface area contributed by atoms with Gasteiger partial charge in [0.1, 0.15) is 5.60 Å². The Morgan fingerprint density at radius 2 is 1.75 bits per heavy atom. The van der Waals surface area contributed by atoms with E-state index in [4.69, 9.17) is 14.2 Å². The van der Waals surface area contributed by atoms with Crippen molar-refractivity contribution in [2.45, 2.75) is 89.0 Å². The van der Waals surface area contributed by atoms with Crippen molar-refractivity contribution in [3.05, 3.63) is 11.6 Å². The average Bonchev–Trinajstić information content (AvgIpc) is 3.07. The number of rotatable bonds is 1. The molecule has 28 heavy (non-hydrogen) atoms. The molecule has 0 aromatic heterocycles. The first-order chi connectivity index (χ1) is 13.1. The summed E-state index contributed by atoms with van der Waals surface area (Å²) in [5.74, 6) is -0.524.